The summed E-state index contributed by atoms with van der Waals surface area (Å²) in [7, 11) is 1.86. The lowest BCUT2D eigenvalue weighted by molar-refractivity contribution is 0.0807. The molecule has 0 saturated carbocycles. The molecule has 0 unspecified atom stereocenters. The maximum absolute atomic E-state index is 11.9. The van der Waals surface area contributed by atoms with Crippen molar-refractivity contribution in [2.75, 3.05) is 13.6 Å². The summed E-state index contributed by atoms with van der Waals surface area (Å²) >= 11 is 1.70. The summed E-state index contributed by atoms with van der Waals surface area (Å²) in [5.41, 5.74) is 1.42. The van der Waals surface area contributed by atoms with Gasteiger partial charge in [0.05, 0.1) is 4.88 Å². The molecule has 15 heavy (non-hydrogen) atoms. The second kappa shape index (κ2) is 4.35. The van der Waals surface area contributed by atoms with Crippen LogP contribution in [0.2, 0.25) is 0 Å². The van der Waals surface area contributed by atoms with Gasteiger partial charge in [-0.15, -0.1) is 11.3 Å². The highest BCUT2D eigenvalue weighted by Gasteiger charge is 2.18. The summed E-state index contributed by atoms with van der Waals surface area (Å²) in [6.45, 7) is 2.78. The molecular formula is C12H17NOS. The topological polar surface area (TPSA) is 20.3 Å². The van der Waals surface area contributed by atoms with E-state index >= 15 is 0 Å². The lowest BCUT2D eigenvalue weighted by Crippen LogP contribution is -2.25. The first-order valence-electron chi connectivity index (χ1n) is 5.59. The van der Waals surface area contributed by atoms with Crippen molar-refractivity contribution in [3.05, 3.63) is 21.4 Å². The number of thiophene rings is 1. The molecule has 0 fully saturated rings. The molecule has 1 aromatic rings. The van der Waals surface area contributed by atoms with Crippen molar-refractivity contribution in [2.45, 2.75) is 32.6 Å². The van der Waals surface area contributed by atoms with Crippen LogP contribution in [0.25, 0.3) is 0 Å². The number of hydrogen-bond acceptors (Lipinski definition) is 2. The van der Waals surface area contributed by atoms with Crippen molar-refractivity contribution in [3.8, 4) is 0 Å². The lowest BCUT2D eigenvalue weighted by Gasteiger charge is -2.12. The molecule has 0 spiro atoms. The van der Waals surface area contributed by atoms with E-state index < -0.39 is 0 Å². The van der Waals surface area contributed by atoms with Gasteiger partial charge in [-0.3, -0.25) is 4.79 Å². The van der Waals surface area contributed by atoms with Gasteiger partial charge in [-0.25, -0.2) is 0 Å². The number of rotatable bonds is 2. The number of hydrogen-bond donors (Lipinski definition) is 0. The van der Waals surface area contributed by atoms with Crippen molar-refractivity contribution in [1.82, 2.24) is 4.90 Å². The molecule has 3 heteroatoms. The van der Waals surface area contributed by atoms with Gasteiger partial charge in [-0.1, -0.05) is 0 Å². The van der Waals surface area contributed by atoms with Gasteiger partial charge < -0.3 is 4.90 Å². The third kappa shape index (κ3) is 2.07. The quantitative estimate of drug-likeness (QED) is 0.755. The molecule has 0 radical (unpaired) electrons. The smallest absolute Gasteiger partial charge is 0.263 e. The number of carbonyl (C=O) groups is 1. The fourth-order valence-electron chi connectivity index (χ4n) is 1.93. The first-order valence-corrected chi connectivity index (χ1v) is 6.41. The normalized spacial score (nSPS) is 14.8. The van der Waals surface area contributed by atoms with Crippen LogP contribution in [0.15, 0.2) is 6.07 Å². The van der Waals surface area contributed by atoms with Crippen LogP contribution < -0.4 is 0 Å². The Kier molecular flexibility index (Phi) is 3.10. The van der Waals surface area contributed by atoms with Crippen molar-refractivity contribution in [3.63, 3.8) is 0 Å². The van der Waals surface area contributed by atoms with Crippen LogP contribution >= 0.6 is 11.3 Å². The molecule has 2 nitrogen and oxygen atoms in total. The minimum Gasteiger partial charge on any atom is -0.341 e. The number of fused-ring (bicyclic) bond motifs is 1. The average Bonchev–Trinajstić information content (AvgIpc) is 2.70. The second-order valence-corrected chi connectivity index (χ2v) is 5.22. The number of nitrogens with zero attached hydrogens (tertiary/aromatic N) is 1. The van der Waals surface area contributed by atoms with Crippen molar-refractivity contribution in [1.29, 1.82) is 0 Å². The highest BCUT2D eigenvalue weighted by Crippen LogP contribution is 2.30. The third-order valence-corrected chi connectivity index (χ3v) is 4.25. The van der Waals surface area contributed by atoms with Gasteiger partial charge in [0, 0.05) is 18.5 Å². The van der Waals surface area contributed by atoms with Gasteiger partial charge in [0.25, 0.3) is 5.91 Å². The molecule has 0 saturated heterocycles. The Hall–Kier alpha value is -0.830. The Morgan fingerprint density at radius 1 is 1.47 bits per heavy atom. The molecule has 0 atom stereocenters. The molecule has 1 amide bonds. The zero-order valence-electron chi connectivity index (χ0n) is 9.38. The molecule has 82 valence electrons. The molecular weight excluding hydrogens is 206 g/mol. The van der Waals surface area contributed by atoms with Crippen LogP contribution in [0, 0.1) is 0 Å². The van der Waals surface area contributed by atoms with E-state index in [-0.39, 0.29) is 5.91 Å². The Bertz CT molecular complexity index is 346. The average molecular weight is 223 g/mol. The number of amides is 1. The minimum absolute atomic E-state index is 0.178. The second-order valence-electron chi connectivity index (χ2n) is 4.09. The van der Waals surface area contributed by atoms with E-state index in [1.54, 1.807) is 16.2 Å². The molecule has 1 aliphatic carbocycles. The number of aryl methyl sites for hydroxylation is 2. The molecule has 1 aliphatic rings. The summed E-state index contributed by atoms with van der Waals surface area (Å²) in [5.74, 6) is 0.178. The zero-order chi connectivity index (χ0) is 10.8. The maximum Gasteiger partial charge on any atom is 0.263 e. The van der Waals surface area contributed by atoms with Crippen LogP contribution in [-0.4, -0.2) is 24.4 Å². The van der Waals surface area contributed by atoms with Crippen molar-refractivity contribution < 1.29 is 4.79 Å². The molecule has 0 aromatic carbocycles. The summed E-state index contributed by atoms with van der Waals surface area (Å²) in [6, 6.07) is 2.10. The van der Waals surface area contributed by atoms with Crippen molar-refractivity contribution in [2.24, 2.45) is 0 Å². The molecule has 2 rings (SSSR count). The largest absolute Gasteiger partial charge is 0.341 e. The van der Waals surface area contributed by atoms with Gasteiger partial charge in [0.15, 0.2) is 0 Å². The van der Waals surface area contributed by atoms with E-state index in [4.69, 9.17) is 0 Å². The lowest BCUT2D eigenvalue weighted by atomic mass is 9.99. The van der Waals surface area contributed by atoms with Crippen molar-refractivity contribution >= 4 is 17.2 Å². The Balaban J connectivity index is 2.22. The van der Waals surface area contributed by atoms with Crippen LogP contribution in [0.3, 0.4) is 0 Å². The maximum atomic E-state index is 11.9. The highest BCUT2D eigenvalue weighted by atomic mass is 32.1. The van der Waals surface area contributed by atoms with Gasteiger partial charge in [0.2, 0.25) is 0 Å². The minimum atomic E-state index is 0.178. The monoisotopic (exact) mass is 223 g/mol. The van der Waals surface area contributed by atoms with Crippen LogP contribution in [0.4, 0.5) is 0 Å². The molecule has 0 N–H and O–H groups in total. The van der Waals surface area contributed by atoms with E-state index in [9.17, 15) is 4.79 Å². The predicted molar refractivity (Wildman–Crippen MR) is 63.6 cm³/mol. The SMILES string of the molecule is CCN(C)C(=O)c1cc2c(s1)CCCC2. The van der Waals surface area contributed by atoms with E-state index in [0.29, 0.717) is 0 Å². The fourth-order valence-corrected chi connectivity index (χ4v) is 3.18. The number of carbonyl (C=O) groups excluding carboxylic acids is 1. The zero-order valence-corrected chi connectivity index (χ0v) is 10.2. The third-order valence-electron chi connectivity index (χ3n) is 3.03. The first kappa shape index (κ1) is 10.7. The first-order chi connectivity index (χ1) is 7.22. The van der Waals surface area contributed by atoms with E-state index in [0.717, 1.165) is 17.8 Å². The van der Waals surface area contributed by atoms with Gasteiger partial charge in [-0.05, 0) is 44.2 Å². The standard InChI is InChI=1S/C12H17NOS/c1-3-13(2)12(14)11-8-9-6-4-5-7-10(9)15-11/h8H,3-7H2,1-2H3. The van der Waals surface area contributed by atoms with E-state index in [2.05, 4.69) is 6.07 Å². The highest BCUT2D eigenvalue weighted by molar-refractivity contribution is 7.14. The molecule has 1 aromatic heterocycles. The Labute approximate surface area is 94.9 Å². The summed E-state index contributed by atoms with van der Waals surface area (Å²) in [4.78, 5) is 16.1. The van der Waals surface area contributed by atoms with E-state index in [1.165, 1.54) is 29.7 Å². The summed E-state index contributed by atoms with van der Waals surface area (Å²) < 4.78 is 0. The van der Waals surface area contributed by atoms with Gasteiger partial charge in [-0.2, -0.15) is 0 Å². The van der Waals surface area contributed by atoms with E-state index in [1.807, 2.05) is 14.0 Å². The van der Waals surface area contributed by atoms with Crippen LogP contribution in [0.5, 0.6) is 0 Å². The predicted octanol–water partition coefficient (Wildman–Crippen LogP) is 2.72. The van der Waals surface area contributed by atoms with Gasteiger partial charge in [0.1, 0.15) is 0 Å². The van der Waals surface area contributed by atoms with Crippen LogP contribution in [-0.2, 0) is 12.8 Å². The molecule has 0 bridgehead atoms. The van der Waals surface area contributed by atoms with Crippen LogP contribution in [0.1, 0.15) is 39.9 Å². The molecule has 0 aliphatic heterocycles. The molecule has 1 heterocycles. The summed E-state index contributed by atoms with van der Waals surface area (Å²) in [5, 5.41) is 0. The fraction of sp³-hybridized carbons (Fsp3) is 0.583. The Morgan fingerprint density at radius 3 is 2.87 bits per heavy atom. The van der Waals surface area contributed by atoms with Gasteiger partial charge >= 0.3 is 0 Å². The summed E-state index contributed by atoms with van der Waals surface area (Å²) in [6.07, 6.45) is 4.89. The Morgan fingerprint density at radius 2 is 2.20 bits per heavy atom.